The van der Waals surface area contributed by atoms with Gasteiger partial charge in [0.15, 0.2) is 0 Å². The maximum absolute atomic E-state index is 4.55. The third kappa shape index (κ3) is 4.00. The topological polar surface area (TPSA) is 47.7 Å². The first-order chi connectivity index (χ1) is 9.52. The van der Waals surface area contributed by atoms with Gasteiger partial charge < -0.3 is 5.32 Å². The van der Waals surface area contributed by atoms with Gasteiger partial charge in [-0.25, -0.2) is 0 Å². The summed E-state index contributed by atoms with van der Waals surface area (Å²) in [6.07, 6.45) is 5.05. The second-order valence-electron chi connectivity index (χ2n) is 5.59. The molecule has 1 atom stereocenters. The number of anilines is 1. The lowest BCUT2D eigenvalue weighted by Crippen LogP contribution is -2.07. The largest absolute Gasteiger partial charge is 0.364 e. The molecule has 2 rings (SSSR count). The first-order valence-corrected chi connectivity index (χ1v) is 7.35. The maximum atomic E-state index is 4.55. The Morgan fingerprint density at radius 1 is 1.29 bits per heavy atom. The molecule has 5 nitrogen and oxygen atoms in total. The Labute approximate surface area is 133 Å². The van der Waals surface area contributed by atoms with E-state index >= 15 is 0 Å². The summed E-state index contributed by atoms with van der Waals surface area (Å²) in [5.41, 5.74) is 2.44. The molecule has 2 heterocycles. The van der Waals surface area contributed by atoms with Gasteiger partial charge in [-0.05, 0) is 34.1 Å². The van der Waals surface area contributed by atoms with Crippen LogP contribution in [0.1, 0.15) is 57.5 Å². The molecule has 0 aromatic carbocycles. The normalized spacial score (nSPS) is 12.3. The van der Waals surface area contributed by atoms with Gasteiger partial charge in [-0.3, -0.25) is 9.36 Å². The minimum absolute atomic E-state index is 0. The number of rotatable bonds is 6. The first-order valence-electron chi connectivity index (χ1n) is 7.35. The fraction of sp³-hybridized carbons (Fsp3) is 0.600. The highest BCUT2D eigenvalue weighted by molar-refractivity contribution is 5.85. The molecule has 0 saturated carbocycles. The maximum Gasteiger partial charge on any atom is 0.148 e. The van der Waals surface area contributed by atoms with Crippen molar-refractivity contribution in [1.29, 1.82) is 0 Å². The Hall–Kier alpha value is -1.49. The highest BCUT2D eigenvalue weighted by Gasteiger charge is 2.09. The van der Waals surface area contributed by atoms with Crippen molar-refractivity contribution in [3.8, 4) is 0 Å². The number of nitrogens with one attached hydrogen (secondary N) is 1. The second kappa shape index (κ2) is 7.50. The summed E-state index contributed by atoms with van der Waals surface area (Å²) in [7, 11) is 0. The molecule has 118 valence electrons. The zero-order valence-electron chi connectivity index (χ0n) is 13.5. The summed E-state index contributed by atoms with van der Waals surface area (Å²) in [5.74, 6) is 0.919. The van der Waals surface area contributed by atoms with Gasteiger partial charge in [0.25, 0.3) is 0 Å². The van der Waals surface area contributed by atoms with E-state index in [9.17, 15) is 0 Å². The van der Waals surface area contributed by atoms with Gasteiger partial charge in [-0.15, -0.1) is 12.4 Å². The van der Waals surface area contributed by atoms with Crippen molar-refractivity contribution in [2.75, 3.05) is 5.32 Å². The van der Waals surface area contributed by atoms with E-state index in [2.05, 4.69) is 54.8 Å². The zero-order valence-corrected chi connectivity index (χ0v) is 14.3. The molecule has 0 aliphatic heterocycles. The lowest BCUT2D eigenvalue weighted by molar-refractivity contribution is 0.479. The molecule has 1 unspecified atom stereocenters. The second-order valence-corrected chi connectivity index (χ2v) is 5.59. The molecule has 1 N–H and O–H groups in total. The summed E-state index contributed by atoms with van der Waals surface area (Å²) >= 11 is 0. The van der Waals surface area contributed by atoms with E-state index in [1.807, 2.05) is 23.1 Å². The van der Waals surface area contributed by atoms with Crippen LogP contribution in [0.5, 0.6) is 0 Å². The zero-order chi connectivity index (χ0) is 14.7. The number of nitrogens with zero attached hydrogens (tertiary/aromatic N) is 4. The van der Waals surface area contributed by atoms with Crippen LogP contribution in [-0.4, -0.2) is 19.6 Å². The van der Waals surface area contributed by atoms with E-state index in [4.69, 9.17) is 0 Å². The van der Waals surface area contributed by atoms with Crippen molar-refractivity contribution in [2.45, 2.75) is 59.7 Å². The van der Waals surface area contributed by atoms with Gasteiger partial charge in [-0.2, -0.15) is 10.2 Å². The van der Waals surface area contributed by atoms with E-state index in [1.54, 1.807) is 0 Å². The SMILES string of the molecule is CCC(C)n1ccc(NCc2cnn(C(C)C)c2C)n1.Cl. The molecular weight excluding hydrogens is 286 g/mol. The Bertz CT molecular complexity index is 558. The van der Waals surface area contributed by atoms with E-state index in [1.165, 1.54) is 11.3 Å². The smallest absolute Gasteiger partial charge is 0.148 e. The molecule has 0 saturated heterocycles. The van der Waals surface area contributed by atoms with Crippen LogP contribution in [0, 0.1) is 6.92 Å². The summed E-state index contributed by atoms with van der Waals surface area (Å²) in [6.45, 7) is 11.5. The fourth-order valence-electron chi connectivity index (χ4n) is 2.20. The van der Waals surface area contributed by atoms with E-state index in [0.29, 0.717) is 12.1 Å². The van der Waals surface area contributed by atoms with E-state index in [-0.39, 0.29) is 12.4 Å². The van der Waals surface area contributed by atoms with Crippen molar-refractivity contribution >= 4 is 18.2 Å². The minimum Gasteiger partial charge on any atom is -0.364 e. The predicted octanol–water partition coefficient (Wildman–Crippen LogP) is 3.97. The van der Waals surface area contributed by atoms with E-state index in [0.717, 1.165) is 18.8 Å². The summed E-state index contributed by atoms with van der Waals surface area (Å²) in [4.78, 5) is 0. The Morgan fingerprint density at radius 3 is 2.57 bits per heavy atom. The summed E-state index contributed by atoms with van der Waals surface area (Å²) in [6, 6.07) is 2.86. The molecule has 0 aliphatic rings. The quantitative estimate of drug-likeness (QED) is 0.878. The molecule has 0 fully saturated rings. The highest BCUT2D eigenvalue weighted by Crippen LogP contribution is 2.15. The standard InChI is InChI=1S/C15H25N5.ClH/c1-6-12(4)19-8-7-15(18-19)16-9-14-10-17-20(11(2)3)13(14)5;/h7-8,10-12H,6,9H2,1-5H3,(H,16,18);1H. The van der Waals surface area contributed by atoms with Crippen molar-refractivity contribution in [3.05, 3.63) is 29.7 Å². The average Bonchev–Trinajstić information content (AvgIpc) is 3.02. The molecule has 0 bridgehead atoms. The number of hydrogen-bond acceptors (Lipinski definition) is 3. The fourth-order valence-corrected chi connectivity index (χ4v) is 2.20. The molecule has 2 aromatic rings. The van der Waals surface area contributed by atoms with Crippen LogP contribution >= 0.6 is 12.4 Å². The lowest BCUT2D eigenvalue weighted by Gasteiger charge is -2.09. The summed E-state index contributed by atoms with van der Waals surface area (Å²) < 4.78 is 4.06. The van der Waals surface area contributed by atoms with Crippen LogP contribution < -0.4 is 5.32 Å². The molecule has 21 heavy (non-hydrogen) atoms. The van der Waals surface area contributed by atoms with Crippen molar-refractivity contribution in [1.82, 2.24) is 19.6 Å². The molecule has 6 heteroatoms. The third-order valence-electron chi connectivity index (χ3n) is 3.75. The van der Waals surface area contributed by atoms with Crippen molar-refractivity contribution < 1.29 is 0 Å². The van der Waals surface area contributed by atoms with Crippen LogP contribution in [0.15, 0.2) is 18.5 Å². The van der Waals surface area contributed by atoms with Crippen molar-refractivity contribution in [3.63, 3.8) is 0 Å². The summed E-state index contributed by atoms with van der Waals surface area (Å²) in [5, 5.41) is 12.3. The number of hydrogen-bond donors (Lipinski definition) is 1. The van der Waals surface area contributed by atoms with Crippen LogP contribution in [0.4, 0.5) is 5.82 Å². The van der Waals surface area contributed by atoms with Gasteiger partial charge in [0.2, 0.25) is 0 Å². The van der Waals surface area contributed by atoms with Gasteiger partial charge in [-0.1, -0.05) is 6.92 Å². The Kier molecular flexibility index (Phi) is 6.27. The van der Waals surface area contributed by atoms with Crippen LogP contribution in [0.3, 0.4) is 0 Å². The van der Waals surface area contributed by atoms with Crippen molar-refractivity contribution in [2.24, 2.45) is 0 Å². The minimum atomic E-state index is 0. The Balaban J connectivity index is 0.00000220. The van der Waals surface area contributed by atoms with Crippen LogP contribution in [0.2, 0.25) is 0 Å². The molecule has 0 radical (unpaired) electrons. The number of aromatic nitrogens is 4. The lowest BCUT2D eigenvalue weighted by atomic mass is 10.2. The third-order valence-corrected chi connectivity index (χ3v) is 3.75. The molecule has 2 aromatic heterocycles. The van der Waals surface area contributed by atoms with Gasteiger partial charge in [0, 0.05) is 42.1 Å². The monoisotopic (exact) mass is 311 g/mol. The molecule has 0 amide bonds. The van der Waals surface area contributed by atoms with Crippen LogP contribution in [0.25, 0.3) is 0 Å². The molecular formula is C15H26ClN5. The number of halogens is 1. The molecule has 0 aliphatic carbocycles. The predicted molar refractivity (Wildman–Crippen MR) is 89.2 cm³/mol. The Morgan fingerprint density at radius 2 is 2.00 bits per heavy atom. The molecule has 0 spiro atoms. The first kappa shape index (κ1) is 17.6. The van der Waals surface area contributed by atoms with E-state index < -0.39 is 0 Å². The highest BCUT2D eigenvalue weighted by atomic mass is 35.5. The van der Waals surface area contributed by atoms with Gasteiger partial charge in [0.05, 0.1) is 6.20 Å². The van der Waals surface area contributed by atoms with Gasteiger partial charge in [0.1, 0.15) is 5.82 Å². The average molecular weight is 312 g/mol. The van der Waals surface area contributed by atoms with Gasteiger partial charge >= 0.3 is 0 Å². The van der Waals surface area contributed by atoms with Crippen LogP contribution in [-0.2, 0) is 6.54 Å².